The maximum atomic E-state index is 13.4. The Balaban J connectivity index is 1.53. The molecule has 1 fully saturated rings. The smallest absolute Gasteiger partial charge is 0.262 e. The van der Waals surface area contributed by atoms with Gasteiger partial charge in [-0.25, -0.2) is 17.2 Å². The Labute approximate surface area is 210 Å². The number of rotatable bonds is 6. The largest absolute Gasteiger partial charge is 0.336 e. The molecule has 3 aromatic rings. The van der Waals surface area contributed by atoms with E-state index in [0.29, 0.717) is 0 Å². The van der Waals surface area contributed by atoms with Gasteiger partial charge in [0, 0.05) is 31.7 Å². The summed E-state index contributed by atoms with van der Waals surface area (Å²) in [4.78, 5) is 41.4. The van der Waals surface area contributed by atoms with Crippen molar-refractivity contribution in [3.8, 4) is 0 Å². The highest BCUT2D eigenvalue weighted by atomic mass is 32.2. The Kier molecular flexibility index (Phi) is 7.45. The molecule has 1 aromatic heterocycles. The molecular weight excluding hydrogens is 512 g/mol. The Morgan fingerprint density at radius 3 is 1.94 bits per heavy atom. The number of hydrogen-bond acceptors (Lipinski definition) is 6. The molecule has 188 valence electrons. The zero-order valence-corrected chi connectivity index (χ0v) is 20.4. The van der Waals surface area contributed by atoms with E-state index in [-0.39, 0.29) is 47.4 Å². The first kappa shape index (κ1) is 25.5. The number of amides is 3. The van der Waals surface area contributed by atoms with Crippen molar-refractivity contribution >= 4 is 38.9 Å². The normalized spacial score (nSPS) is 14.8. The number of sulfone groups is 1. The Bertz CT molecular complexity index is 1350. The van der Waals surface area contributed by atoms with E-state index in [1.54, 1.807) is 11.4 Å². The highest BCUT2D eigenvalue weighted by molar-refractivity contribution is 7.92. The van der Waals surface area contributed by atoms with Gasteiger partial charge < -0.3 is 15.1 Å². The quantitative estimate of drug-likeness (QED) is 0.491. The molecule has 1 saturated heterocycles. The Morgan fingerprint density at radius 2 is 1.39 bits per heavy atom. The summed E-state index contributed by atoms with van der Waals surface area (Å²) in [6.07, 6.45) is 0. The van der Waals surface area contributed by atoms with E-state index >= 15 is 0 Å². The van der Waals surface area contributed by atoms with Gasteiger partial charge in [-0.15, -0.1) is 11.3 Å². The van der Waals surface area contributed by atoms with E-state index in [2.05, 4.69) is 5.32 Å². The van der Waals surface area contributed by atoms with Gasteiger partial charge in [0.2, 0.25) is 15.2 Å². The molecule has 8 nitrogen and oxygen atoms in total. The lowest BCUT2D eigenvalue weighted by molar-refractivity contribution is -0.132. The van der Waals surface area contributed by atoms with Crippen LogP contribution in [0.15, 0.2) is 70.9 Å². The fourth-order valence-electron chi connectivity index (χ4n) is 3.70. The second-order valence-electron chi connectivity index (χ2n) is 7.95. The van der Waals surface area contributed by atoms with E-state index in [0.717, 1.165) is 35.6 Å². The summed E-state index contributed by atoms with van der Waals surface area (Å²) in [5, 5.41) is 2.01. The van der Waals surface area contributed by atoms with Crippen LogP contribution in [0, 0.1) is 11.6 Å². The average Bonchev–Trinajstić information content (AvgIpc) is 3.42. The summed E-state index contributed by atoms with van der Waals surface area (Å²) >= 11 is 1.08. The van der Waals surface area contributed by atoms with Crippen molar-refractivity contribution < 1.29 is 31.6 Å². The number of carbonyl (C=O) groups excluding carboxylic acids is 3. The van der Waals surface area contributed by atoms with Crippen molar-refractivity contribution in [2.24, 2.45) is 0 Å². The number of nitrogens with one attached hydrogen (secondary N) is 1. The summed E-state index contributed by atoms with van der Waals surface area (Å²) in [6, 6.07) is 12.1. The lowest BCUT2D eigenvalue weighted by Gasteiger charge is -2.36. The highest BCUT2D eigenvalue weighted by Crippen LogP contribution is 2.20. The topological polar surface area (TPSA) is 104 Å². The third kappa shape index (κ3) is 5.44. The summed E-state index contributed by atoms with van der Waals surface area (Å²) in [7, 11) is -4.43. The van der Waals surface area contributed by atoms with Gasteiger partial charge in [0.05, 0.1) is 9.77 Å². The van der Waals surface area contributed by atoms with Gasteiger partial charge in [-0.3, -0.25) is 14.4 Å². The molecule has 0 radical (unpaired) electrons. The number of hydrogen-bond donors (Lipinski definition) is 1. The molecule has 12 heteroatoms. The standard InChI is InChI=1S/C24H21F2N3O5S2/c25-17-5-3-16(4-6-17)23(31)28-11-13-29(14-12-28)24(32)22(27-21(30)20-2-1-15-35-20)36(33,34)19-9-7-18(26)8-10-19/h1-10,15,22H,11-14H2,(H,27,30)/t22-/m1/s1. The molecule has 1 N–H and O–H groups in total. The van der Waals surface area contributed by atoms with Gasteiger partial charge in [-0.2, -0.15) is 0 Å². The minimum Gasteiger partial charge on any atom is -0.336 e. The summed E-state index contributed by atoms with van der Waals surface area (Å²) in [5.74, 6) is -3.07. The maximum Gasteiger partial charge on any atom is 0.262 e. The molecule has 3 amide bonds. The van der Waals surface area contributed by atoms with Crippen LogP contribution in [0.5, 0.6) is 0 Å². The first-order chi connectivity index (χ1) is 17.2. The first-order valence-corrected chi connectivity index (χ1v) is 13.3. The van der Waals surface area contributed by atoms with Crippen LogP contribution < -0.4 is 5.32 Å². The van der Waals surface area contributed by atoms with E-state index in [4.69, 9.17) is 0 Å². The molecule has 0 saturated carbocycles. The molecular formula is C24H21F2N3O5S2. The van der Waals surface area contributed by atoms with E-state index in [1.165, 1.54) is 40.1 Å². The molecule has 36 heavy (non-hydrogen) atoms. The van der Waals surface area contributed by atoms with Crippen LogP contribution >= 0.6 is 11.3 Å². The number of carbonyl (C=O) groups is 3. The molecule has 1 aliphatic heterocycles. The number of thiophene rings is 1. The van der Waals surface area contributed by atoms with Gasteiger partial charge in [-0.1, -0.05) is 6.07 Å². The second kappa shape index (κ2) is 10.5. The maximum absolute atomic E-state index is 13.4. The fraction of sp³-hybridized carbons (Fsp3) is 0.208. The van der Waals surface area contributed by atoms with Gasteiger partial charge in [0.25, 0.3) is 17.7 Å². The van der Waals surface area contributed by atoms with Crippen LogP contribution in [0.1, 0.15) is 20.0 Å². The van der Waals surface area contributed by atoms with Gasteiger partial charge >= 0.3 is 0 Å². The van der Waals surface area contributed by atoms with Crippen LogP contribution in [0.2, 0.25) is 0 Å². The van der Waals surface area contributed by atoms with Crippen LogP contribution in [0.3, 0.4) is 0 Å². The molecule has 0 spiro atoms. The summed E-state index contributed by atoms with van der Waals surface area (Å²) < 4.78 is 53.2. The average molecular weight is 534 g/mol. The molecule has 4 rings (SSSR count). The van der Waals surface area contributed by atoms with Crippen LogP contribution in [-0.2, 0) is 14.6 Å². The van der Waals surface area contributed by atoms with Crippen molar-refractivity contribution in [2.75, 3.05) is 26.2 Å². The van der Waals surface area contributed by atoms with Crippen molar-refractivity contribution in [1.82, 2.24) is 15.1 Å². The number of piperazine rings is 1. The SMILES string of the molecule is O=C(N[C@@H](C(=O)N1CCN(C(=O)c2ccc(F)cc2)CC1)S(=O)(=O)c1ccc(F)cc1)c1cccs1. The molecule has 2 heterocycles. The molecule has 0 aliphatic carbocycles. The van der Waals surface area contributed by atoms with Crippen molar-refractivity contribution in [3.05, 3.63) is 88.1 Å². The zero-order valence-electron chi connectivity index (χ0n) is 18.8. The predicted octanol–water partition coefficient (Wildman–Crippen LogP) is 2.54. The van der Waals surface area contributed by atoms with Gasteiger partial charge in [0.1, 0.15) is 11.6 Å². The van der Waals surface area contributed by atoms with Gasteiger partial charge in [0.15, 0.2) is 0 Å². The minimum absolute atomic E-state index is 0.0239. The molecule has 2 aromatic carbocycles. The molecule has 0 unspecified atom stereocenters. The second-order valence-corrected chi connectivity index (χ2v) is 10.9. The van der Waals surface area contributed by atoms with Crippen molar-refractivity contribution in [1.29, 1.82) is 0 Å². The third-order valence-corrected chi connectivity index (χ3v) is 8.39. The van der Waals surface area contributed by atoms with Crippen molar-refractivity contribution in [3.63, 3.8) is 0 Å². The lowest BCUT2D eigenvalue weighted by Crippen LogP contribution is -2.57. The van der Waals surface area contributed by atoms with Crippen LogP contribution in [0.25, 0.3) is 0 Å². The minimum atomic E-state index is -4.43. The van der Waals surface area contributed by atoms with Crippen LogP contribution in [0.4, 0.5) is 8.78 Å². The molecule has 0 bridgehead atoms. The van der Waals surface area contributed by atoms with Gasteiger partial charge in [-0.05, 0) is 60.0 Å². The van der Waals surface area contributed by atoms with E-state index in [9.17, 15) is 31.6 Å². The number of nitrogens with zero attached hydrogens (tertiary/aromatic N) is 2. The monoisotopic (exact) mass is 533 g/mol. The first-order valence-electron chi connectivity index (χ1n) is 10.8. The van der Waals surface area contributed by atoms with E-state index < -0.39 is 38.7 Å². The lowest BCUT2D eigenvalue weighted by atomic mass is 10.1. The summed E-state index contributed by atoms with van der Waals surface area (Å²) in [5.41, 5.74) is 0.288. The number of benzene rings is 2. The third-order valence-electron chi connectivity index (χ3n) is 5.65. The molecule has 1 aliphatic rings. The zero-order chi connectivity index (χ0) is 25.9. The predicted molar refractivity (Wildman–Crippen MR) is 128 cm³/mol. The summed E-state index contributed by atoms with van der Waals surface area (Å²) in [6.45, 7) is 0.278. The Morgan fingerprint density at radius 1 is 0.833 bits per heavy atom. The Hall–Kier alpha value is -3.64. The fourth-order valence-corrected chi connectivity index (χ4v) is 5.79. The highest BCUT2D eigenvalue weighted by Gasteiger charge is 2.39. The van der Waals surface area contributed by atoms with Crippen molar-refractivity contribution in [2.45, 2.75) is 10.3 Å². The van der Waals surface area contributed by atoms with Crippen LogP contribution in [-0.4, -0.2) is 67.5 Å². The number of halogens is 2. The van der Waals surface area contributed by atoms with E-state index in [1.807, 2.05) is 0 Å². The molecule has 1 atom stereocenters.